The third kappa shape index (κ3) is 2.58. The third-order valence-electron chi connectivity index (χ3n) is 8.50. The molecular weight excluding hydrogens is 360 g/mol. The van der Waals surface area contributed by atoms with Gasteiger partial charge >= 0.3 is 5.97 Å². The van der Waals surface area contributed by atoms with E-state index in [1.165, 1.54) is 11.6 Å². The van der Waals surface area contributed by atoms with Crippen molar-refractivity contribution < 1.29 is 30.0 Å². The highest BCUT2D eigenvalue weighted by molar-refractivity contribution is 5.75. The summed E-state index contributed by atoms with van der Waals surface area (Å²) in [6.07, 6.45) is 5.22. The molecule has 6 heteroatoms. The predicted octanol–water partition coefficient (Wildman–Crippen LogP) is 2.03. The van der Waals surface area contributed by atoms with Crippen molar-refractivity contribution >= 4 is 5.97 Å². The number of aliphatic hydroxyl groups excluding tert-OH is 3. The highest BCUT2D eigenvalue weighted by Gasteiger charge is 2.68. The smallest absolute Gasteiger partial charge is 0.309 e. The summed E-state index contributed by atoms with van der Waals surface area (Å²) in [4.78, 5) is 12.1. The topological polar surface area (TPSA) is 111 Å². The number of allylic oxidation sites excluding steroid dienone is 2. The molecule has 1 aliphatic heterocycles. The first-order valence-electron chi connectivity index (χ1n) is 10.4. The van der Waals surface area contributed by atoms with E-state index in [-0.39, 0.29) is 23.9 Å². The van der Waals surface area contributed by atoms with E-state index in [1.807, 2.05) is 6.92 Å². The minimum atomic E-state index is -0.902. The van der Waals surface area contributed by atoms with E-state index >= 15 is 0 Å². The number of fused-ring (bicyclic) bond motifs is 2. The fraction of sp³-hybridized carbons (Fsp3) is 0.773. The van der Waals surface area contributed by atoms with Crippen LogP contribution in [0.2, 0.25) is 0 Å². The Balaban J connectivity index is 1.67. The maximum Gasteiger partial charge on any atom is 0.309 e. The summed E-state index contributed by atoms with van der Waals surface area (Å²) >= 11 is 0. The molecule has 1 heterocycles. The van der Waals surface area contributed by atoms with Gasteiger partial charge in [-0.1, -0.05) is 25.0 Å². The lowest BCUT2D eigenvalue weighted by molar-refractivity contribution is -0.163. The first-order chi connectivity index (χ1) is 13.1. The first kappa shape index (κ1) is 20.1. The highest BCUT2D eigenvalue weighted by atomic mass is 16.6. The van der Waals surface area contributed by atoms with Crippen LogP contribution >= 0.6 is 0 Å². The van der Waals surface area contributed by atoms with Gasteiger partial charge in [0.25, 0.3) is 0 Å². The lowest BCUT2D eigenvalue weighted by Gasteiger charge is -2.56. The molecule has 0 amide bonds. The molecular formula is C22H32O6. The molecule has 0 radical (unpaired) electrons. The number of aliphatic hydroxyl groups is 3. The molecule has 4 rings (SSSR count). The van der Waals surface area contributed by atoms with Gasteiger partial charge in [-0.15, -0.1) is 0 Å². The standard InChI is InChI=1S/C22H32O6/c1-12-5-6-15-20(2,7-4-8-21(15,3)19(26)27)14(12)10-22-16(24)9-13(11-23)17(25)18(22)28-22/h5,9,14-18,23-25H,4,6-8,10-11H2,1-3H3,(H,26,27)/t14-,15-,16-,17+,18+,20-,21-,22-/m1/s1. The van der Waals surface area contributed by atoms with Crippen LogP contribution in [0.25, 0.3) is 0 Å². The van der Waals surface area contributed by atoms with Crippen molar-refractivity contribution in [2.24, 2.45) is 22.7 Å². The number of carboxylic acid groups (broad SMARTS) is 1. The molecule has 0 bridgehead atoms. The van der Waals surface area contributed by atoms with Gasteiger partial charge in [0.2, 0.25) is 0 Å². The normalized spacial score (nSPS) is 50.1. The molecule has 3 aliphatic carbocycles. The van der Waals surface area contributed by atoms with E-state index in [9.17, 15) is 25.2 Å². The summed E-state index contributed by atoms with van der Waals surface area (Å²) < 4.78 is 5.89. The average molecular weight is 392 g/mol. The number of carbonyl (C=O) groups is 1. The van der Waals surface area contributed by atoms with Crippen LogP contribution in [0, 0.1) is 22.7 Å². The highest BCUT2D eigenvalue weighted by Crippen LogP contribution is 2.63. The van der Waals surface area contributed by atoms with Gasteiger partial charge in [0.15, 0.2) is 0 Å². The van der Waals surface area contributed by atoms with Crippen molar-refractivity contribution in [1.29, 1.82) is 0 Å². The lowest BCUT2D eigenvalue weighted by atomic mass is 9.47. The minimum Gasteiger partial charge on any atom is -0.481 e. The van der Waals surface area contributed by atoms with Crippen LogP contribution in [0.3, 0.4) is 0 Å². The summed E-state index contributed by atoms with van der Waals surface area (Å²) in [7, 11) is 0. The number of hydrogen-bond donors (Lipinski definition) is 4. The van der Waals surface area contributed by atoms with Crippen LogP contribution in [0.1, 0.15) is 52.9 Å². The van der Waals surface area contributed by atoms with Gasteiger partial charge in [0.1, 0.15) is 23.9 Å². The zero-order valence-electron chi connectivity index (χ0n) is 16.9. The summed E-state index contributed by atoms with van der Waals surface area (Å²) in [6.45, 7) is 5.88. The first-order valence-corrected chi connectivity index (χ1v) is 10.4. The Kier molecular flexibility index (Phi) is 4.58. The number of carboxylic acids is 1. The van der Waals surface area contributed by atoms with Gasteiger partial charge in [-0.2, -0.15) is 0 Å². The zero-order valence-corrected chi connectivity index (χ0v) is 16.9. The molecule has 8 atom stereocenters. The molecule has 0 aromatic carbocycles. The fourth-order valence-electron chi connectivity index (χ4n) is 6.63. The Bertz CT molecular complexity index is 743. The second-order valence-electron chi connectivity index (χ2n) is 9.86. The summed E-state index contributed by atoms with van der Waals surface area (Å²) in [5, 5.41) is 40.6. The molecule has 0 aromatic heterocycles. The number of rotatable bonds is 4. The Morgan fingerprint density at radius 3 is 2.64 bits per heavy atom. The average Bonchev–Trinajstić information content (AvgIpc) is 3.38. The van der Waals surface area contributed by atoms with Gasteiger partial charge in [-0.25, -0.2) is 0 Å². The number of aliphatic carboxylic acids is 1. The van der Waals surface area contributed by atoms with Crippen LogP contribution < -0.4 is 0 Å². The van der Waals surface area contributed by atoms with Gasteiger partial charge in [0.05, 0.1) is 12.0 Å². The Morgan fingerprint density at radius 1 is 1.29 bits per heavy atom. The summed E-state index contributed by atoms with van der Waals surface area (Å²) in [5.41, 5.74) is -0.170. The van der Waals surface area contributed by atoms with Gasteiger partial charge in [-0.05, 0) is 68.4 Å². The molecule has 6 nitrogen and oxygen atoms in total. The maximum absolute atomic E-state index is 12.1. The predicted molar refractivity (Wildman–Crippen MR) is 102 cm³/mol. The SMILES string of the molecule is CC1=CC[C@@H]2[C@](C)(CCC[C@@]2(C)C(=O)O)[C@@H]1C[C@]12O[C@H]1[C@@H](O)C(CO)=C[C@H]2O. The van der Waals surface area contributed by atoms with E-state index in [1.54, 1.807) is 0 Å². The van der Waals surface area contributed by atoms with E-state index in [2.05, 4.69) is 19.9 Å². The van der Waals surface area contributed by atoms with Crippen molar-refractivity contribution in [3.63, 3.8) is 0 Å². The molecule has 156 valence electrons. The number of ether oxygens (including phenoxy) is 1. The summed E-state index contributed by atoms with van der Waals surface area (Å²) in [6, 6.07) is 0. The van der Waals surface area contributed by atoms with Gasteiger partial charge in [-0.3, -0.25) is 4.79 Å². The van der Waals surface area contributed by atoms with Crippen molar-refractivity contribution in [3.05, 3.63) is 23.3 Å². The fourth-order valence-corrected chi connectivity index (χ4v) is 6.63. The van der Waals surface area contributed by atoms with Crippen molar-refractivity contribution in [3.8, 4) is 0 Å². The molecule has 1 saturated carbocycles. The van der Waals surface area contributed by atoms with Crippen molar-refractivity contribution in [2.45, 2.75) is 76.8 Å². The second kappa shape index (κ2) is 6.39. The molecule has 28 heavy (non-hydrogen) atoms. The monoisotopic (exact) mass is 392 g/mol. The van der Waals surface area contributed by atoms with Gasteiger partial charge in [0, 0.05) is 0 Å². The van der Waals surface area contributed by atoms with Crippen LogP contribution in [0.15, 0.2) is 23.3 Å². The number of hydrogen-bond acceptors (Lipinski definition) is 5. The van der Waals surface area contributed by atoms with Crippen LogP contribution in [-0.4, -0.2) is 56.9 Å². The van der Waals surface area contributed by atoms with Crippen molar-refractivity contribution in [1.82, 2.24) is 0 Å². The molecule has 2 fully saturated rings. The molecule has 4 aliphatic rings. The molecule has 1 saturated heterocycles. The third-order valence-corrected chi connectivity index (χ3v) is 8.50. The molecule has 0 spiro atoms. The van der Waals surface area contributed by atoms with E-state index < -0.39 is 35.3 Å². The maximum atomic E-state index is 12.1. The van der Waals surface area contributed by atoms with E-state index in [0.29, 0.717) is 18.4 Å². The lowest BCUT2D eigenvalue weighted by Crippen LogP contribution is -2.54. The summed E-state index contributed by atoms with van der Waals surface area (Å²) in [5.74, 6) is -0.610. The largest absolute Gasteiger partial charge is 0.481 e. The second-order valence-corrected chi connectivity index (χ2v) is 9.86. The van der Waals surface area contributed by atoms with Crippen molar-refractivity contribution in [2.75, 3.05) is 6.61 Å². The number of epoxide rings is 1. The van der Waals surface area contributed by atoms with E-state index in [4.69, 9.17) is 4.74 Å². The van der Waals surface area contributed by atoms with E-state index in [0.717, 1.165) is 19.3 Å². The Hall–Kier alpha value is -1.21. The Labute approximate surface area is 165 Å². The van der Waals surface area contributed by atoms with Crippen LogP contribution in [0.5, 0.6) is 0 Å². The van der Waals surface area contributed by atoms with Crippen LogP contribution in [0.4, 0.5) is 0 Å². The van der Waals surface area contributed by atoms with Gasteiger partial charge < -0.3 is 25.2 Å². The van der Waals surface area contributed by atoms with Crippen LogP contribution in [-0.2, 0) is 9.53 Å². The molecule has 0 aromatic rings. The molecule has 4 N–H and O–H groups in total. The minimum absolute atomic E-state index is 0.0303. The molecule has 0 unspecified atom stereocenters. The Morgan fingerprint density at radius 2 is 2.00 bits per heavy atom. The quantitative estimate of drug-likeness (QED) is 0.430. The zero-order chi connectivity index (χ0) is 20.5.